The van der Waals surface area contributed by atoms with Crippen LogP contribution < -0.4 is 5.73 Å². The summed E-state index contributed by atoms with van der Waals surface area (Å²) in [5, 5.41) is 2.06. The van der Waals surface area contributed by atoms with Gasteiger partial charge in [0.05, 0.1) is 0 Å². The van der Waals surface area contributed by atoms with Crippen LogP contribution in [0.4, 0.5) is 5.69 Å². The predicted molar refractivity (Wildman–Crippen MR) is 48.8 cm³/mol. The summed E-state index contributed by atoms with van der Waals surface area (Å²) in [6.45, 7) is 2.23. The molecule has 0 amide bonds. The fourth-order valence-electron chi connectivity index (χ4n) is 1.48. The fourth-order valence-corrected chi connectivity index (χ4v) is 2.55. The lowest BCUT2D eigenvalue weighted by Crippen LogP contribution is -2.25. The van der Waals surface area contributed by atoms with Gasteiger partial charge >= 0.3 is 0 Å². The van der Waals surface area contributed by atoms with Crippen molar-refractivity contribution in [2.45, 2.75) is 13.0 Å². The molecule has 11 heavy (non-hydrogen) atoms. The van der Waals surface area contributed by atoms with Gasteiger partial charge in [-0.2, -0.15) is 0 Å². The Morgan fingerprint density at radius 3 is 3.27 bits per heavy atom. The van der Waals surface area contributed by atoms with Crippen LogP contribution in [0.5, 0.6) is 0 Å². The molecule has 0 saturated heterocycles. The van der Waals surface area contributed by atoms with E-state index in [4.69, 9.17) is 5.73 Å². The van der Waals surface area contributed by atoms with Gasteiger partial charge in [-0.15, -0.1) is 11.3 Å². The molecule has 1 aliphatic rings. The zero-order chi connectivity index (χ0) is 7.84. The molecule has 0 atom stereocenters. The van der Waals surface area contributed by atoms with Crippen LogP contribution in [0.1, 0.15) is 10.4 Å². The Labute approximate surface area is 70.6 Å². The second kappa shape index (κ2) is 2.50. The van der Waals surface area contributed by atoms with Crippen molar-refractivity contribution >= 4 is 17.0 Å². The summed E-state index contributed by atoms with van der Waals surface area (Å²) in [6, 6.07) is 0. The maximum absolute atomic E-state index is 5.80. The first-order valence-electron chi connectivity index (χ1n) is 3.80. The summed E-state index contributed by atoms with van der Waals surface area (Å²) >= 11 is 1.79. The summed E-state index contributed by atoms with van der Waals surface area (Å²) in [6.07, 6.45) is 1.13. The van der Waals surface area contributed by atoms with Crippen LogP contribution in [0.2, 0.25) is 0 Å². The van der Waals surface area contributed by atoms with Crippen LogP contribution in [-0.4, -0.2) is 18.5 Å². The standard InChI is InChI=1S/C8H12N2S/c1-10-3-2-6-7(9)5-11-8(6)4-10/h5H,2-4,9H2,1H3. The maximum atomic E-state index is 5.80. The van der Waals surface area contributed by atoms with E-state index in [1.165, 1.54) is 10.4 Å². The van der Waals surface area contributed by atoms with Crippen molar-refractivity contribution in [1.82, 2.24) is 4.90 Å². The molecule has 2 heterocycles. The Morgan fingerprint density at radius 1 is 1.64 bits per heavy atom. The average Bonchev–Trinajstić information content (AvgIpc) is 2.32. The quantitative estimate of drug-likeness (QED) is 0.633. The van der Waals surface area contributed by atoms with E-state index in [9.17, 15) is 0 Å². The zero-order valence-electron chi connectivity index (χ0n) is 6.63. The fraction of sp³-hybridized carbons (Fsp3) is 0.500. The lowest BCUT2D eigenvalue weighted by Gasteiger charge is -2.22. The van der Waals surface area contributed by atoms with E-state index >= 15 is 0 Å². The Morgan fingerprint density at radius 2 is 2.45 bits per heavy atom. The third kappa shape index (κ3) is 1.14. The molecule has 0 bridgehead atoms. The van der Waals surface area contributed by atoms with E-state index in [0.29, 0.717) is 0 Å². The average molecular weight is 168 g/mol. The molecular formula is C8H12N2S. The highest BCUT2D eigenvalue weighted by Crippen LogP contribution is 2.29. The minimum atomic E-state index is 0.998. The lowest BCUT2D eigenvalue weighted by atomic mass is 10.1. The van der Waals surface area contributed by atoms with Crippen LogP contribution >= 0.6 is 11.3 Å². The number of rotatable bonds is 0. The molecule has 0 spiro atoms. The third-order valence-electron chi connectivity index (χ3n) is 2.17. The molecule has 2 N–H and O–H groups in total. The SMILES string of the molecule is CN1CCc2c(N)csc2C1. The molecule has 2 nitrogen and oxygen atoms in total. The van der Waals surface area contributed by atoms with Crippen LogP contribution in [0.15, 0.2) is 5.38 Å². The van der Waals surface area contributed by atoms with Gasteiger partial charge in [-0.1, -0.05) is 0 Å². The molecule has 0 aliphatic carbocycles. The number of nitrogen functional groups attached to an aromatic ring is 1. The van der Waals surface area contributed by atoms with E-state index in [1.807, 2.05) is 0 Å². The highest BCUT2D eigenvalue weighted by atomic mass is 32.1. The second-order valence-electron chi connectivity index (χ2n) is 3.08. The van der Waals surface area contributed by atoms with Crippen molar-refractivity contribution in [3.63, 3.8) is 0 Å². The van der Waals surface area contributed by atoms with Gasteiger partial charge in [-0.3, -0.25) is 0 Å². The molecule has 1 aliphatic heterocycles. The molecule has 0 fully saturated rings. The monoisotopic (exact) mass is 168 g/mol. The van der Waals surface area contributed by atoms with Crippen molar-refractivity contribution in [1.29, 1.82) is 0 Å². The summed E-state index contributed by atoms with van der Waals surface area (Å²) in [5.74, 6) is 0. The Kier molecular flexibility index (Phi) is 1.62. The number of thiophene rings is 1. The van der Waals surface area contributed by atoms with Crippen LogP contribution in [0.3, 0.4) is 0 Å². The number of nitrogens with zero attached hydrogens (tertiary/aromatic N) is 1. The van der Waals surface area contributed by atoms with Crippen molar-refractivity contribution < 1.29 is 0 Å². The van der Waals surface area contributed by atoms with Gasteiger partial charge in [-0.25, -0.2) is 0 Å². The molecule has 0 unspecified atom stereocenters. The number of hydrogen-bond donors (Lipinski definition) is 1. The normalized spacial score (nSPS) is 18.3. The van der Waals surface area contributed by atoms with Crippen LogP contribution in [0.25, 0.3) is 0 Å². The number of fused-ring (bicyclic) bond motifs is 1. The first kappa shape index (κ1) is 7.13. The number of likely N-dealkylation sites (N-methyl/N-ethyl adjacent to an activating group) is 1. The van der Waals surface area contributed by atoms with E-state index in [-0.39, 0.29) is 0 Å². The number of anilines is 1. The van der Waals surface area contributed by atoms with Gasteiger partial charge in [-0.05, 0) is 19.0 Å². The van der Waals surface area contributed by atoms with Gasteiger partial charge in [0.1, 0.15) is 0 Å². The summed E-state index contributed by atoms with van der Waals surface area (Å²) in [5.41, 5.74) is 8.19. The maximum Gasteiger partial charge on any atom is 0.0459 e. The Balaban J connectivity index is 2.36. The number of hydrogen-bond acceptors (Lipinski definition) is 3. The Bertz CT molecular complexity index is 267. The van der Waals surface area contributed by atoms with Gasteiger partial charge < -0.3 is 10.6 Å². The summed E-state index contributed by atoms with van der Waals surface area (Å²) in [4.78, 5) is 3.79. The molecule has 60 valence electrons. The summed E-state index contributed by atoms with van der Waals surface area (Å²) in [7, 11) is 2.15. The van der Waals surface area contributed by atoms with E-state index in [2.05, 4.69) is 17.3 Å². The largest absolute Gasteiger partial charge is 0.398 e. The van der Waals surface area contributed by atoms with Gasteiger partial charge in [0.25, 0.3) is 0 Å². The molecule has 1 aromatic rings. The van der Waals surface area contributed by atoms with Crippen molar-refractivity contribution in [2.24, 2.45) is 0 Å². The second-order valence-corrected chi connectivity index (χ2v) is 4.04. The smallest absolute Gasteiger partial charge is 0.0459 e. The molecule has 2 rings (SSSR count). The first-order valence-corrected chi connectivity index (χ1v) is 4.68. The molecule has 3 heteroatoms. The highest BCUT2D eigenvalue weighted by Gasteiger charge is 2.16. The third-order valence-corrected chi connectivity index (χ3v) is 3.20. The zero-order valence-corrected chi connectivity index (χ0v) is 7.45. The van der Waals surface area contributed by atoms with E-state index in [0.717, 1.165) is 25.2 Å². The molecule has 0 radical (unpaired) electrons. The van der Waals surface area contributed by atoms with Crippen LogP contribution in [0, 0.1) is 0 Å². The van der Waals surface area contributed by atoms with Crippen molar-refractivity contribution in [3.8, 4) is 0 Å². The topological polar surface area (TPSA) is 29.3 Å². The predicted octanol–water partition coefficient (Wildman–Crippen LogP) is 1.32. The molecule has 0 aromatic carbocycles. The molecule has 0 saturated carbocycles. The molecular weight excluding hydrogens is 156 g/mol. The summed E-state index contributed by atoms with van der Waals surface area (Å²) < 4.78 is 0. The van der Waals surface area contributed by atoms with E-state index in [1.54, 1.807) is 11.3 Å². The van der Waals surface area contributed by atoms with Gasteiger partial charge in [0.15, 0.2) is 0 Å². The minimum Gasteiger partial charge on any atom is -0.398 e. The first-order chi connectivity index (χ1) is 5.27. The highest BCUT2D eigenvalue weighted by molar-refractivity contribution is 7.10. The van der Waals surface area contributed by atoms with E-state index < -0.39 is 0 Å². The van der Waals surface area contributed by atoms with Crippen molar-refractivity contribution in [3.05, 3.63) is 15.8 Å². The van der Waals surface area contributed by atoms with Gasteiger partial charge in [0.2, 0.25) is 0 Å². The number of nitrogens with two attached hydrogens (primary N) is 1. The minimum absolute atomic E-state index is 0.998. The van der Waals surface area contributed by atoms with Crippen LogP contribution in [-0.2, 0) is 13.0 Å². The lowest BCUT2D eigenvalue weighted by molar-refractivity contribution is 0.317. The Hall–Kier alpha value is -0.540. The van der Waals surface area contributed by atoms with Gasteiger partial charge in [0, 0.05) is 29.0 Å². The van der Waals surface area contributed by atoms with Crippen molar-refractivity contribution in [2.75, 3.05) is 19.3 Å². The molecule has 1 aromatic heterocycles.